The molecule has 0 saturated carbocycles. The molecule has 1 aliphatic rings. The van der Waals surface area contributed by atoms with Crippen molar-refractivity contribution in [2.24, 2.45) is 5.92 Å². The summed E-state index contributed by atoms with van der Waals surface area (Å²) < 4.78 is 0. The quantitative estimate of drug-likeness (QED) is 0.675. The standard InChI is InChI=1S/C12H22N2O4/c1-2-10(7-11(16)17)13-12(18)14-5-3-9(8-15)4-6-14/h9-10,15H,2-8H2,1H3,(H,13,18)(H,16,17). The van der Waals surface area contributed by atoms with Crippen LogP contribution in [0.4, 0.5) is 4.79 Å². The molecule has 6 nitrogen and oxygen atoms in total. The van der Waals surface area contributed by atoms with Gasteiger partial charge >= 0.3 is 12.0 Å². The number of piperidine rings is 1. The van der Waals surface area contributed by atoms with Crippen molar-refractivity contribution >= 4 is 12.0 Å². The lowest BCUT2D eigenvalue weighted by atomic mass is 9.98. The molecule has 0 bridgehead atoms. The number of carbonyl (C=O) groups is 2. The number of carboxylic acid groups (broad SMARTS) is 1. The van der Waals surface area contributed by atoms with Crippen molar-refractivity contribution in [3.05, 3.63) is 0 Å². The summed E-state index contributed by atoms with van der Waals surface area (Å²) in [6, 6.07) is -0.509. The van der Waals surface area contributed by atoms with Gasteiger partial charge in [0.05, 0.1) is 6.42 Å². The van der Waals surface area contributed by atoms with Gasteiger partial charge in [0.15, 0.2) is 0 Å². The number of nitrogens with one attached hydrogen (secondary N) is 1. The summed E-state index contributed by atoms with van der Waals surface area (Å²) >= 11 is 0. The van der Waals surface area contributed by atoms with Gasteiger partial charge in [-0.15, -0.1) is 0 Å². The predicted molar refractivity (Wildman–Crippen MR) is 66.2 cm³/mol. The molecule has 3 N–H and O–H groups in total. The van der Waals surface area contributed by atoms with Gasteiger partial charge in [0.2, 0.25) is 0 Å². The highest BCUT2D eigenvalue weighted by molar-refractivity contribution is 5.76. The third-order valence-corrected chi connectivity index (χ3v) is 3.40. The molecule has 6 heteroatoms. The smallest absolute Gasteiger partial charge is 0.317 e. The van der Waals surface area contributed by atoms with Crippen LogP contribution in [-0.4, -0.2) is 52.9 Å². The molecule has 0 aromatic rings. The Labute approximate surface area is 107 Å². The number of hydrogen-bond donors (Lipinski definition) is 3. The zero-order chi connectivity index (χ0) is 13.5. The Morgan fingerprint density at radius 3 is 2.44 bits per heavy atom. The summed E-state index contributed by atoms with van der Waals surface area (Å²) in [5.74, 6) is -0.615. The summed E-state index contributed by atoms with van der Waals surface area (Å²) in [7, 11) is 0. The SMILES string of the molecule is CCC(CC(=O)O)NC(=O)N1CCC(CO)CC1. The van der Waals surface area contributed by atoms with Gasteiger partial charge in [-0.2, -0.15) is 0 Å². The van der Waals surface area contributed by atoms with Crippen molar-refractivity contribution in [1.29, 1.82) is 0 Å². The first-order valence-corrected chi connectivity index (χ1v) is 6.44. The molecule has 0 aromatic heterocycles. The van der Waals surface area contributed by atoms with Crippen LogP contribution in [0.25, 0.3) is 0 Å². The molecular weight excluding hydrogens is 236 g/mol. The average molecular weight is 258 g/mol. The summed E-state index contributed by atoms with van der Waals surface area (Å²) in [5.41, 5.74) is 0. The number of urea groups is 1. The minimum Gasteiger partial charge on any atom is -0.481 e. The topological polar surface area (TPSA) is 89.9 Å². The molecule has 1 aliphatic heterocycles. The van der Waals surface area contributed by atoms with Gasteiger partial charge in [-0.1, -0.05) is 6.92 Å². The summed E-state index contributed by atoms with van der Waals surface area (Å²) in [5, 5.41) is 20.5. The van der Waals surface area contributed by atoms with E-state index in [2.05, 4.69) is 5.32 Å². The Bertz CT molecular complexity index is 288. The molecule has 104 valence electrons. The Morgan fingerprint density at radius 2 is 2.00 bits per heavy atom. The number of likely N-dealkylation sites (tertiary alicyclic amines) is 1. The molecule has 1 fully saturated rings. The molecule has 2 amide bonds. The van der Waals surface area contributed by atoms with Crippen LogP contribution in [0.3, 0.4) is 0 Å². The van der Waals surface area contributed by atoms with E-state index in [9.17, 15) is 9.59 Å². The molecule has 18 heavy (non-hydrogen) atoms. The van der Waals surface area contributed by atoms with Gasteiger partial charge in [0.25, 0.3) is 0 Å². The van der Waals surface area contributed by atoms with Gasteiger partial charge in [-0.3, -0.25) is 4.79 Å². The van der Waals surface area contributed by atoms with Crippen LogP contribution >= 0.6 is 0 Å². The van der Waals surface area contributed by atoms with Crippen LogP contribution in [0.2, 0.25) is 0 Å². The molecule has 0 aromatic carbocycles. The van der Waals surface area contributed by atoms with Crippen molar-refractivity contribution in [2.45, 2.75) is 38.6 Å². The second kappa shape index (κ2) is 7.20. The van der Waals surface area contributed by atoms with E-state index in [-0.39, 0.29) is 31.0 Å². The van der Waals surface area contributed by atoms with E-state index in [0.717, 1.165) is 12.8 Å². The minimum absolute atomic E-state index is 0.0463. The second-order valence-electron chi connectivity index (χ2n) is 4.77. The van der Waals surface area contributed by atoms with Crippen LogP contribution in [-0.2, 0) is 4.79 Å². The molecule has 1 rings (SSSR count). The highest BCUT2D eigenvalue weighted by Gasteiger charge is 2.24. The van der Waals surface area contributed by atoms with Crippen LogP contribution < -0.4 is 5.32 Å². The van der Waals surface area contributed by atoms with Gasteiger partial charge in [-0.25, -0.2) is 4.79 Å². The summed E-state index contributed by atoms with van der Waals surface area (Å²) in [4.78, 5) is 24.2. The molecule has 1 saturated heterocycles. The molecule has 1 heterocycles. The molecule has 0 aliphatic carbocycles. The molecule has 1 unspecified atom stereocenters. The van der Waals surface area contributed by atoms with Crippen LogP contribution in [0.15, 0.2) is 0 Å². The van der Waals surface area contributed by atoms with E-state index < -0.39 is 5.97 Å². The fourth-order valence-corrected chi connectivity index (χ4v) is 2.09. The van der Waals surface area contributed by atoms with Crippen molar-refractivity contribution in [3.63, 3.8) is 0 Å². The normalized spacial score (nSPS) is 18.4. The maximum Gasteiger partial charge on any atom is 0.317 e. The first-order valence-electron chi connectivity index (χ1n) is 6.44. The van der Waals surface area contributed by atoms with Crippen LogP contribution in [0.5, 0.6) is 0 Å². The minimum atomic E-state index is -0.902. The van der Waals surface area contributed by atoms with E-state index in [4.69, 9.17) is 10.2 Å². The third-order valence-electron chi connectivity index (χ3n) is 3.40. The number of carboxylic acids is 1. The van der Waals surface area contributed by atoms with Crippen LogP contribution in [0, 0.1) is 5.92 Å². The number of amides is 2. The lowest BCUT2D eigenvalue weighted by Gasteiger charge is -2.32. The van der Waals surface area contributed by atoms with E-state index in [1.54, 1.807) is 4.90 Å². The highest BCUT2D eigenvalue weighted by Crippen LogP contribution is 2.16. The van der Waals surface area contributed by atoms with Crippen molar-refractivity contribution in [3.8, 4) is 0 Å². The first-order chi connectivity index (χ1) is 8.56. The summed E-state index contributed by atoms with van der Waals surface area (Å²) in [6.45, 7) is 3.28. The third kappa shape index (κ3) is 4.52. The maximum atomic E-state index is 11.9. The maximum absolute atomic E-state index is 11.9. The fraction of sp³-hybridized carbons (Fsp3) is 0.833. The van der Waals surface area contributed by atoms with Gasteiger partial charge in [-0.05, 0) is 25.2 Å². The molecular formula is C12H22N2O4. The monoisotopic (exact) mass is 258 g/mol. The zero-order valence-corrected chi connectivity index (χ0v) is 10.8. The van der Waals surface area contributed by atoms with Crippen LogP contribution in [0.1, 0.15) is 32.6 Å². The second-order valence-corrected chi connectivity index (χ2v) is 4.77. The van der Waals surface area contributed by atoms with Crippen molar-refractivity contribution < 1.29 is 19.8 Å². The number of hydrogen-bond acceptors (Lipinski definition) is 3. The summed E-state index contributed by atoms with van der Waals surface area (Å²) in [6.07, 6.45) is 2.17. The largest absolute Gasteiger partial charge is 0.481 e. The Morgan fingerprint density at radius 1 is 1.39 bits per heavy atom. The number of aliphatic hydroxyl groups is 1. The van der Waals surface area contributed by atoms with Gasteiger partial charge in [0, 0.05) is 25.7 Å². The Hall–Kier alpha value is -1.30. The Balaban J connectivity index is 2.38. The lowest BCUT2D eigenvalue weighted by molar-refractivity contribution is -0.137. The average Bonchev–Trinajstić information content (AvgIpc) is 2.37. The fourth-order valence-electron chi connectivity index (χ4n) is 2.09. The number of carbonyl (C=O) groups excluding carboxylic acids is 1. The van der Waals surface area contributed by atoms with Crippen molar-refractivity contribution in [1.82, 2.24) is 10.2 Å². The first kappa shape index (κ1) is 14.8. The van der Waals surface area contributed by atoms with E-state index in [1.807, 2.05) is 6.92 Å². The van der Waals surface area contributed by atoms with Gasteiger partial charge < -0.3 is 20.4 Å². The van der Waals surface area contributed by atoms with E-state index >= 15 is 0 Å². The molecule has 0 radical (unpaired) electrons. The van der Waals surface area contributed by atoms with Crippen molar-refractivity contribution in [2.75, 3.05) is 19.7 Å². The molecule has 1 atom stereocenters. The predicted octanol–water partition coefficient (Wildman–Crippen LogP) is 0.654. The number of nitrogens with zero attached hydrogens (tertiary/aromatic N) is 1. The van der Waals surface area contributed by atoms with E-state index in [0.29, 0.717) is 19.5 Å². The van der Waals surface area contributed by atoms with E-state index in [1.165, 1.54) is 0 Å². The highest BCUT2D eigenvalue weighted by atomic mass is 16.4. The number of aliphatic hydroxyl groups excluding tert-OH is 1. The Kier molecular flexibility index (Phi) is 5.91. The molecule has 0 spiro atoms. The number of aliphatic carboxylic acids is 1. The lowest BCUT2D eigenvalue weighted by Crippen LogP contribution is -2.48. The number of rotatable bonds is 5. The van der Waals surface area contributed by atoms with Gasteiger partial charge in [0.1, 0.15) is 0 Å². The zero-order valence-electron chi connectivity index (χ0n) is 10.8.